The minimum Gasteiger partial charge on any atom is -0.486 e. The average Bonchev–Trinajstić information content (AvgIpc) is 3.08. The molecule has 0 spiro atoms. The van der Waals surface area contributed by atoms with Gasteiger partial charge in [0.15, 0.2) is 17.3 Å². The number of likely N-dealkylation sites (tertiary alicyclic amines) is 1. The third-order valence-electron chi connectivity index (χ3n) is 5.85. The molecule has 0 aliphatic carbocycles. The highest BCUT2D eigenvalue weighted by molar-refractivity contribution is 7.90. The number of para-hydroxylation sites is 2. The maximum Gasteiger partial charge on any atom is 0.285 e. The molecular weight excluding hydrogens is 418 g/mol. The summed E-state index contributed by atoms with van der Waals surface area (Å²) in [7, 11) is -3.63. The summed E-state index contributed by atoms with van der Waals surface area (Å²) in [6.07, 6.45) is 1.05. The number of rotatable bonds is 3. The lowest BCUT2D eigenvalue weighted by Gasteiger charge is -2.33. The predicted molar refractivity (Wildman–Crippen MR) is 114 cm³/mol. The maximum absolute atomic E-state index is 12.7. The molecule has 3 aliphatic rings. The van der Waals surface area contributed by atoms with E-state index < -0.39 is 10.0 Å². The molecule has 5 rings (SSSR count). The van der Waals surface area contributed by atoms with Crippen LogP contribution in [0.4, 0.5) is 0 Å². The molecule has 162 valence electrons. The first-order chi connectivity index (χ1) is 15.0. The summed E-state index contributed by atoms with van der Waals surface area (Å²) in [6.45, 7) is 1.93. The number of nitrogens with one attached hydrogen (secondary N) is 1. The smallest absolute Gasteiger partial charge is 0.285 e. The van der Waals surface area contributed by atoms with Crippen LogP contribution >= 0.6 is 0 Å². The molecule has 1 saturated heterocycles. The first-order valence-electron chi connectivity index (χ1n) is 10.4. The Morgan fingerprint density at radius 2 is 1.77 bits per heavy atom. The summed E-state index contributed by atoms with van der Waals surface area (Å²) in [5.74, 6) is 1.76. The molecule has 0 unspecified atom stereocenters. The van der Waals surface area contributed by atoms with Gasteiger partial charge in [-0.2, -0.15) is 8.42 Å². The molecular formula is C22H23N3O5S. The highest BCUT2D eigenvalue weighted by atomic mass is 32.2. The predicted octanol–water partition coefficient (Wildman–Crippen LogP) is 1.80. The SMILES string of the molecule is O=C(NC[C@@H]1COc2ccccc2O1)C1CCN(C2=NS(=O)(=O)c3ccccc32)CC1. The summed E-state index contributed by atoms with van der Waals surface area (Å²) in [6, 6.07) is 14.4. The average molecular weight is 442 g/mol. The Kier molecular flexibility index (Phi) is 5.05. The third kappa shape index (κ3) is 3.85. The van der Waals surface area contributed by atoms with E-state index in [1.54, 1.807) is 18.2 Å². The number of amides is 1. The first kappa shape index (κ1) is 19.9. The summed E-state index contributed by atoms with van der Waals surface area (Å²) < 4.78 is 40.1. The van der Waals surface area contributed by atoms with Gasteiger partial charge in [0.2, 0.25) is 5.91 Å². The zero-order chi connectivity index (χ0) is 21.4. The van der Waals surface area contributed by atoms with Crippen molar-refractivity contribution in [3.63, 3.8) is 0 Å². The normalized spacial score (nSPS) is 21.9. The van der Waals surface area contributed by atoms with Gasteiger partial charge in [0.05, 0.1) is 6.54 Å². The van der Waals surface area contributed by atoms with Crippen molar-refractivity contribution in [3.8, 4) is 11.5 Å². The monoisotopic (exact) mass is 441 g/mol. The minimum atomic E-state index is -3.63. The molecule has 1 N–H and O–H groups in total. The van der Waals surface area contributed by atoms with Crippen LogP contribution in [0.25, 0.3) is 0 Å². The van der Waals surface area contributed by atoms with Crippen LogP contribution in [-0.4, -0.2) is 57.4 Å². The highest BCUT2D eigenvalue weighted by Crippen LogP contribution is 2.31. The quantitative estimate of drug-likeness (QED) is 0.780. The Hall–Kier alpha value is -3.07. The molecule has 3 heterocycles. The van der Waals surface area contributed by atoms with Gasteiger partial charge in [-0.05, 0) is 37.1 Å². The zero-order valence-corrected chi connectivity index (χ0v) is 17.7. The summed E-state index contributed by atoms with van der Waals surface area (Å²) in [5.41, 5.74) is 0.639. The molecule has 1 fully saturated rings. The number of hydrogen-bond acceptors (Lipinski definition) is 6. The summed E-state index contributed by atoms with van der Waals surface area (Å²) >= 11 is 0. The van der Waals surface area contributed by atoms with Gasteiger partial charge in [0.1, 0.15) is 17.6 Å². The molecule has 1 atom stereocenters. The van der Waals surface area contributed by atoms with Crippen LogP contribution in [0.3, 0.4) is 0 Å². The number of carbonyl (C=O) groups is 1. The van der Waals surface area contributed by atoms with Crippen molar-refractivity contribution in [2.24, 2.45) is 10.3 Å². The van der Waals surface area contributed by atoms with Crippen molar-refractivity contribution in [2.45, 2.75) is 23.8 Å². The largest absolute Gasteiger partial charge is 0.486 e. The van der Waals surface area contributed by atoms with Crippen LogP contribution in [0.2, 0.25) is 0 Å². The molecule has 2 aromatic carbocycles. The molecule has 8 nitrogen and oxygen atoms in total. The van der Waals surface area contributed by atoms with Crippen molar-refractivity contribution >= 4 is 21.8 Å². The van der Waals surface area contributed by atoms with Gasteiger partial charge in [0.25, 0.3) is 10.0 Å². The van der Waals surface area contributed by atoms with Crippen molar-refractivity contribution < 1.29 is 22.7 Å². The topological polar surface area (TPSA) is 97.3 Å². The number of ether oxygens (including phenoxy) is 2. The Labute approximate surface area is 180 Å². The van der Waals surface area contributed by atoms with E-state index in [0.717, 1.165) is 5.75 Å². The Morgan fingerprint density at radius 3 is 2.58 bits per heavy atom. The fraction of sp³-hybridized carbons (Fsp3) is 0.364. The summed E-state index contributed by atoms with van der Waals surface area (Å²) in [4.78, 5) is 14.9. The van der Waals surface area contributed by atoms with Crippen LogP contribution in [0.1, 0.15) is 18.4 Å². The molecule has 9 heteroatoms. The standard InChI is InChI=1S/C22H23N3O5S/c26-22(23-13-16-14-29-18-6-2-3-7-19(18)30-16)15-9-11-25(12-10-15)21-17-5-1-4-8-20(17)31(27,28)24-21/h1-8,15-16H,9-14H2,(H,23,26)/t16-/m1/s1. The maximum atomic E-state index is 12.7. The molecule has 2 aromatic rings. The van der Waals surface area contributed by atoms with Gasteiger partial charge in [0, 0.05) is 24.6 Å². The Bertz CT molecular complexity index is 1140. The van der Waals surface area contributed by atoms with Crippen molar-refractivity contribution in [1.82, 2.24) is 10.2 Å². The van der Waals surface area contributed by atoms with E-state index in [4.69, 9.17) is 9.47 Å². The van der Waals surface area contributed by atoms with Gasteiger partial charge in [-0.3, -0.25) is 4.79 Å². The van der Waals surface area contributed by atoms with Crippen LogP contribution in [0.5, 0.6) is 11.5 Å². The molecule has 0 saturated carbocycles. The van der Waals surface area contributed by atoms with Crippen molar-refractivity contribution in [3.05, 3.63) is 54.1 Å². The zero-order valence-electron chi connectivity index (χ0n) is 16.9. The van der Waals surface area contributed by atoms with Crippen LogP contribution in [0.15, 0.2) is 57.8 Å². The number of amidine groups is 1. The Balaban J connectivity index is 1.15. The second-order valence-corrected chi connectivity index (χ2v) is 9.46. The van der Waals surface area contributed by atoms with Crippen LogP contribution < -0.4 is 14.8 Å². The third-order valence-corrected chi connectivity index (χ3v) is 7.17. The molecule has 1 amide bonds. The number of sulfonamides is 1. The number of nitrogens with zero attached hydrogens (tertiary/aromatic N) is 2. The number of fused-ring (bicyclic) bond motifs is 2. The second kappa shape index (κ2) is 7.88. The van der Waals surface area contributed by atoms with E-state index in [1.807, 2.05) is 35.2 Å². The number of piperidine rings is 1. The van der Waals surface area contributed by atoms with E-state index in [-0.39, 0.29) is 22.8 Å². The van der Waals surface area contributed by atoms with E-state index in [1.165, 1.54) is 0 Å². The van der Waals surface area contributed by atoms with E-state index >= 15 is 0 Å². The fourth-order valence-corrected chi connectivity index (χ4v) is 5.42. The van der Waals surface area contributed by atoms with Gasteiger partial charge in [-0.15, -0.1) is 4.40 Å². The van der Waals surface area contributed by atoms with Gasteiger partial charge in [-0.25, -0.2) is 0 Å². The van der Waals surface area contributed by atoms with Crippen molar-refractivity contribution in [2.75, 3.05) is 26.2 Å². The van der Waals surface area contributed by atoms with E-state index in [2.05, 4.69) is 9.71 Å². The van der Waals surface area contributed by atoms with Gasteiger partial charge >= 0.3 is 0 Å². The van der Waals surface area contributed by atoms with Crippen LogP contribution in [-0.2, 0) is 14.8 Å². The number of carbonyl (C=O) groups excluding carboxylic acids is 1. The molecule has 3 aliphatic heterocycles. The first-order valence-corrected chi connectivity index (χ1v) is 11.8. The fourth-order valence-electron chi connectivity index (χ4n) is 4.19. The van der Waals surface area contributed by atoms with Gasteiger partial charge in [-0.1, -0.05) is 24.3 Å². The van der Waals surface area contributed by atoms with Crippen LogP contribution in [0, 0.1) is 5.92 Å². The lowest BCUT2D eigenvalue weighted by Crippen LogP contribution is -2.46. The van der Waals surface area contributed by atoms with E-state index in [9.17, 15) is 13.2 Å². The molecule has 0 radical (unpaired) electrons. The Morgan fingerprint density at radius 1 is 1.06 bits per heavy atom. The lowest BCUT2D eigenvalue weighted by atomic mass is 9.95. The van der Waals surface area contributed by atoms with E-state index in [0.29, 0.717) is 56.2 Å². The second-order valence-electron chi connectivity index (χ2n) is 7.89. The van der Waals surface area contributed by atoms with Crippen molar-refractivity contribution in [1.29, 1.82) is 0 Å². The number of hydrogen-bond donors (Lipinski definition) is 1. The minimum absolute atomic E-state index is 0.0107. The number of benzene rings is 2. The lowest BCUT2D eigenvalue weighted by molar-refractivity contribution is -0.126. The molecule has 0 bridgehead atoms. The van der Waals surface area contributed by atoms with Gasteiger partial charge < -0.3 is 19.7 Å². The molecule has 31 heavy (non-hydrogen) atoms. The summed E-state index contributed by atoms with van der Waals surface area (Å²) in [5, 5.41) is 2.98. The molecule has 0 aromatic heterocycles. The highest BCUT2D eigenvalue weighted by Gasteiger charge is 2.34.